The van der Waals surface area contributed by atoms with E-state index in [1.54, 1.807) is 28.0 Å². The number of hydrogen-bond acceptors (Lipinski definition) is 6. The smallest absolute Gasteiger partial charge is 0.264 e. The van der Waals surface area contributed by atoms with Crippen molar-refractivity contribution >= 4 is 23.4 Å². The van der Waals surface area contributed by atoms with E-state index in [2.05, 4.69) is 0 Å². The number of rotatable bonds is 8. The second-order valence-electron chi connectivity index (χ2n) is 12.1. The molecule has 0 aliphatic carbocycles. The van der Waals surface area contributed by atoms with Crippen LogP contribution < -0.4 is 19.9 Å². The number of para-hydroxylation sites is 1. The van der Waals surface area contributed by atoms with Gasteiger partial charge < -0.3 is 23.8 Å². The van der Waals surface area contributed by atoms with Gasteiger partial charge in [-0.3, -0.25) is 24.1 Å². The molecule has 3 amide bonds. The Morgan fingerprint density at radius 2 is 1.70 bits per heavy atom. The summed E-state index contributed by atoms with van der Waals surface area (Å²) in [6.45, 7) is 2.46. The lowest BCUT2D eigenvalue weighted by atomic mass is 9.83. The van der Waals surface area contributed by atoms with Gasteiger partial charge in [0.1, 0.15) is 6.17 Å². The Morgan fingerprint density at radius 1 is 0.864 bits per heavy atom. The summed E-state index contributed by atoms with van der Waals surface area (Å²) in [7, 11) is 3.04. The lowest BCUT2D eigenvalue weighted by Crippen LogP contribution is -2.49. The van der Waals surface area contributed by atoms with Gasteiger partial charge in [-0.15, -0.1) is 0 Å². The summed E-state index contributed by atoms with van der Waals surface area (Å²) >= 11 is 0. The Balaban J connectivity index is 1.02. The fourth-order valence-corrected chi connectivity index (χ4v) is 7.64. The first-order chi connectivity index (χ1) is 21.4. The number of anilines is 1. The summed E-state index contributed by atoms with van der Waals surface area (Å²) in [6, 6.07) is 16.3. The molecule has 0 saturated carbocycles. The zero-order valence-corrected chi connectivity index (χ0v) is 25.0. The predicted octanol–water partition coefficient (Wildman–Crippen LogP) is 4.19. The van der Waals surface area contributed by atoms with Crippen LogP contribution in [0.2, 0.25) is 0 Å². The number of unbranched alkanes of at least 4 members (excludes halogenated alkanes) is 2. The summed E-state index contributed by atoms with van der Waals surface area (Å²) in [4.78, 5) is 58.6. The quantitative estimate of drug-likeness (QED) is 0.362. The first kappa shape index (κ1) is 28.2. The van der Waals surface area contributed by atoms with Crippen LogP contribution in [0.25, 0.3) is 0 Å². The van der Waals surface area contributed by atoms with E-state index in [1.807, 2.05) is 45.9 Å². The number of amides is 3. The maximum atomic E-state index is 13.8. The van der Waals surface area contributed by atoms with Gasteiger partial charge in [-0.25, -0.2) is 0 Å². The minimum atomic E-state index is -0.579. The average Bonchev–Trinajstić information content (AvgIpc) is 3.34. The molecule has 228 valence electrons. The normalized spacial score (nSPS) is 21.4. The topological polar surface area (TPSA) is 101 Å². The second kappa shape index (κ2) is 11.2. The molecule has 2 aromatic carbocycles. The van der Waals surface area contributed by atoms with Crippen molar-refractivity contribution in [2.24, 2.45) is 5.92 Å². The second-order valence-corrected chi connectivity index (χ2v) is 12.1. The third-order valence-corrected chi connectivity index (χ3v) is 9.61. The zero-order chi connectivity index (χ0) is 30.5. The fraction of sp³-hybridized carbons (Fsp3) is 0.412. The molecule has 2 bridgehead atoms. The summed E-state index contributed by atoms with van der Waals surface area (Å²) in [5.74, 6) is 1.14. The molecule has 4 aliphatic rings. The molecule has 10 nitrogen and oxygen atoms in total. The van der Waals surface area contributed by atoms with E-state index in [-0.39, 0.29) is 29.2 Å². The Kier molecular flexibility index (Phi) is 7.14. The number of carbonyl (C=O) groups excluding carboxylic acids is 3. The summed E-state index contributed by atoms with van der Waals surface area (Å²) < 4.78 is 12.9. The highest BCUT2D eigenvalue weighted by Gasteiger charge is 2.49. The van der Waals surface area contributed by atoms with Gasteiger partial charge in [-0.2, -0.15) is 0 Å². The molecular formula is C34H36N4O6. The van der Waals surface area contributed by atoms with Crippen LogP contribution in [0, 0.1) is 5.92 Å². The van der Waals surface area contributed by atoms with Crippen molar-refractivity contribution in [3.05, 3.63) is 87.3 Å². The van der Waals surface area contributed by atoms with Crippen molar-refractivity contribution in [1.29, 1.82) is 0 Å². The van der Waals surface area contributed by atoms with E-state index in [1.165, 1.54) is 14.2 Å². The predicted molar refractivity (Wildman–Crippen MR) is 163 cm³/mol. The number of aromatic nitrogens is 1. The van der Waals surface area contributed by atoms with E-state index < -0.39 is 6.17 Å². The third-order valence-electron chi connectivity index (χ3n) is 9.61. The van der Waals surface area contributed by atoms with Crippen molar-refractivity contribution in [1.82, 2.24) is 14.4 Å². The van der Waals surface area contributed by atoms with Crippen molar-refractivity contribution < 1.29 is 23.9 Å². The molecule has 5 heterocycles. The van der Waals surface area contributed by atoms with Crippen molar-refractivity contribution in [3.63, 3.8) is 0 Å². The van der Waals surface area contributed by atoms with E-state index in [9.17, 15) is 19.2 Å². The highest BCUT2D eigenvalue weighted by molar-refractivity contribution is 6.18. The number of nitrogens with zero attached hydrogens (tertiary/aromatic N) is 4. The van der Waals surface area contributed by atoms with Gasteiger partial charge >= 0.3 is 0 Å². The number of fused-ring (bicyclic) bond motifs is 9. The Labute approximate surface area is 255 Å². The number of likely N-dealkylation sites (tertiary alicyclic amines) is 1. The molecule has 44 heavy (non-hydrogen) atoms. The lowest BCUT2D eigenvalue weighted by molar-refractivity contribution is -0.134. The van der Waals surface area contributed by atoms with Crippen LogP contribution >= 0.6 is 0 Å². The molecule has 1 saturated heterocycles. The van der Waals surface area contributed by atoms with Crippen LogP contribution in [0.1, 0.15) is 76.2 Å². The molecule has 10 heteroatoms. The largest absolute Gasteiger partial charge is 0.493 e. The van der Waals surface area contributed by atoms with E-state index in [0.717, 1.165) is 18.5 Å². The van der Waals surface area contributed by atoms with Gasteiger partial charge in [0.05, 0.1) is 31.0 Å². The number of hydrogen-bond donors (Lipinski definition) is 0. The summed E-state index contributed by atoms with van der Waals surface area (Å²) in [6.07, 6.45) is 3.08. The van der Waals surface area contributed by atoms with Crippen molar-refractivity contribution in [3.8, 4) is 11.5 Å². The minimum absolute atomic E-state index is 0.0418. The van der Waals surface area contributed by atoms with Gasteiger partial charge in [0.2, 0.25) is 5.91 Å². The monoisotopic (exact) mass is 596 g/mol. The fourth-order valence-electron chi connectivity index (χ4n) is 7.64. The molecule has 0 spiro atoms. The molecule has 1 aromatic heterocycles. The molecule has 7 rings (SSSR count). The van der Waals surface area contributed by atoms with Crippen LogP contribution in [0.4, 0.5) is 5.69 Å². The molecule has 0 radical (unpaired) electrons. The van der Waals surface area contributed by atoms with Gasteiger partial charge in [0, 0.05) is 55.8 Å². The number of methoxy groups -OCH3 is 2. The number of ether oxygens (including phenoxy) is 2. The molecule has 1 unspecified atom stereocenters. The number of benzene rings is 2. The van der Waals surface area contributed by atoms with Crippen LogP contribution in [-0.2, 0) is 11.3 Å². The number of piperidine rings is 1. The van der Waals surface area contributed by atoms with Crippen LogP contribution in [-0.4, -0.2) is 65.9 Å². The summed E-state index contributed by atoms with van der Waals surface area (Å²) in [5.41, 5.74) is 3.29. The van der Waals surface area contributed by atoms with E-state index >= 15 is 0 Å². The van der Waals surface area contributed by atoms with Gasteiger partial charge in [0.25, 0.3) is 17.4 Å². The number of carbonyl (C=O) groups is 3. The number of pyridine rings is 1. The molecular weight excluding hydrogens is 560 g/mol. The van der Waals surface area contributed by atoms with Gasteiger partial charge in [0.15, 0.2) is 11.5 Å². The Hall–Kier alpha value is -4.60. The van der Waals surface area contributed by atoms with Crippen molar-refractivity contribution in [2.75, 3.05) is 38.8 Å². The first-order valence-electron chi connectivity index (χ1n) is 15.4. The molecule has 0 N–H and O–H groups in total. The van der Waals surface area contributed by atoms with Gasteiger partial charge in [-0.05, 0) is 49.4 Å². The van der Waals surface area contributed by atoms with Gasteiger partial charge in [-0.1, -0.05) is 30.7 Å². The average molecular weight is 597 g/mol. The summed E-state index contributed by atoms with van der Waals surface area (Å²) in [5, 5.41) is 0. The molecule has 4 aliphatic heterocycles. The standard InChI is InChI=1S/C34H36N4O6/c1-43-27-15-14-24-30(31(27)44-2)34(42)38-26-10-6-5-9-23(26)33(41)36(32(24)38)16-7-3-4-12-28(39)35-18-21-17-22(20-35)25-11-8-13-29(40)37(25)19-21/h5-6,8-11,13-15,21-22,32H,3-4,7,12,16-20H2,1-2H3/t21-,22+,32?/m1/s1. The molecule has 3 atom stereocenters. The highest BCUT2D eigenvalue weighted by atomic mass is 16.5. The Morgan fingerprint density at radius 3 is 2.52 bits per heavy atom. The van der Waals surface area contributed by atoms with Crippen LogP contribution in [0.15, 0.2) is 59.4 Å². The first-order valence-corrected chi connectivity index (χ1v) is 15.4. The lowest BCUT2D eigenvalue weighted by Gasteiger charge is -2.42. The van der Waals surface area contributed by atoms with Crippen LogP contribution in [0.5, 0.6) is 11.5 Å². The minimum Gasteiger partial charge on any atom is -0.493 e. The SMILES string of the molecule is COc1ccc2c(c1OC)C(=O)N1c3ccccc3C(=O)N(CCCCCC(=O)N3C[C@H]4C[C@@H](C3)c3cccc(=O)n3C4)C21. The van der Waals surface area contributed by atoms with Crippen LogP contribution in [0.3, 0.4) is 0 Å². The maximum absolute atomic E-state index is 13.8. The Bertz CT molecular complexity index is 1720. The molecule has 3 aromatic rings. The zero-order valence-electron chi connectivity index (χ0n) is 25.0. The maximum Gasteiger partial charge on any atom is 0.264 e. The van der Waals surface area contributed by atoms with E-state index in [0.29, 0.717) is 85.2 Å². The highest BCUT2D eigenvalue weighted by Crippen LogP contribution is 2.49. The third kappa shape index (κ3) is 4.46. The van der Waals surface area contributed by atoms with Crippen molar-refractivity contribution in [2.45, 2.75) is 50.7 Å². The van der Waals surface area contributed by atoms with E-state index in [4.69, 9.17) is 9.47 Å². The molecule has 1 fully saturated rings.